The highest BCUT2D eigenvalue weighted by Crippen LogP contribution is 2.29. The lowest BCUT2D eigenvalue weighted by molar-refractivity contribution is 0.0934. The molecule has 0 radical (unpaired) electrons. The molecule has 0 aliphatic carbocycles. The fourth-order valence-electron chi connectivity index (χ4n) is 2.40. The SMILES string of the molecule is Cc1ccc(C)c(NC(=S)N[C@H](NC(=O)c2ccccc2C)C(Cl)(Cl)Cl)c1. The largest absolute Gasteiger partial charge is 0.339 e. The van der Waals surface area contributed by atoms with Crippen molar-refractivity contribution < 1.29 is 4.79 Å². The number of thiocarbonyl (C=S) groups is 1. The molecule has 144 valence electrons. The number of anilines is 1. The highest BCUT2D eigenvalue weighted by molar-refractivity contribution is 7.80. The molecule has 1 amide bonds. The summed E-state index contributed by atoms with van der Waals surface area (Å²) < 4.78 is -1.81. The van der Waals surface area contributed by atoms with Crippen LogP contribution in [0, 0.1) is 20.8 Å². The van der Waals surface area contributed by atoms with Crippen LogP contribution in [-0.2, 0) is 0 Å². The van der Waals surface area contributed by atoms with Crippen LogP contribution in [-0.4, -0.2) is 21.0 Å². The van der Waals surface area contributed by atoms with E-state index < -0.39 is 9.96 Å². The van der Waals surface area contributed by atoms with Crippen molar-refractivity contribution in [2.24, 2.45) is 0 Å². The highest BCUT2D eigenvalue weighted by Gasteiger charge is 2.35. The van der Waals surface area contributed by atoms with Crippen molar-refractivity contribution in [3.05, 3.63) is 64.7 Å². The Balaban J connectivity index is 2.12. The maximum atomic E-state index is 12.6. The maximum Gasteiger partial charge on any atom is 0.253 e. The molecule has 2 aromatic rings. The molecule has 0 aliphatic rings. The topological polar surface area (TPSA) is 53.2 Å². The number of hydrogen-bond donors (Lipinski definition) is 3. The predicted molar refractivity (Wildman–Crippen MR) is 118 cm³/mol. The smallest absolute Gasteiger partial charge is 0.253 e. The van der Waals surface area contributed by atoms with Gasteiger partial charge in [-0.15, -0.1) is 0 Å². The molecule has 0 unspecified atom stereocenters. The molecule has 4 nitrogen and oxygen atoms in total. The molecule has 2 aromatic carbocycles. The van der Waals surface area contributed by atoms with Crippen molar-refractivity contribution in [1.82, 2.24) is 10.6 Å². The van der Waals surface area contributed by atoms with E-state index in [1.807, 2.05) is 51.1 Å². The number of carbonyl (C=O) groups is 1. The molecule has 0 saturated carbocycles. The lowest BCUT2D eigenvalue weighted by atomic mass is 10.1. The zero-order valence-corrected chi connectivity index (χ0v) is 18.2. The fourth-order valence-corrected chi connectivity index (χ4v) is 2.95. The fraction of sp³-hybridized carbons (Fsp3) is 0.263. The van der Waals surface area contributed by atoms with Gasteiger partial charge in [0.25, 0.3) is 5.91 Å². The summed E-state index contributed by atoms with van der Waals surface area (Å²) in [6, 6.07) is 13.1. The first-order valence-electron chi connectivity index (χ1n) is 8.16. The normalized spacial score (nSPS) is 12.2. The molecular formula is C19H20Cl3N3OS. The van der Waals surface area contributed by atoms with Gasteiger partial charge < -0.3 is 16.0 Å². The van der Waals surface area contributed by atoms with Gasteiger partial charge >= 0.3 is 0 Å². The Morgan fingerprint density at radius 1 is 1.00 bits per heavy atom. The van der Waals surface area contributed by atoms with Crippen LogP contribution in [0.1, 0.15) is 27.0 Å². The standard InChI is InChI=1S/C19H20Cl3N3OS/c1-11-8-9-13(3)15(10-11)23-18(27)25-17(19(20,21)22)24-16(26)14-7-5-4-6-12(14)2/h4-10,17H,1-3H3,(H,24,26)(H2,23,25,27)/t17-/m0/s1. The van der Waals surface area contributed by atoms with Crippen molar-refractivity contribution >= 4 is 63.7 Å². The number of alkyl halides is 3. The van der Waals surface area contributed by atoms with Crippen molar-refractivity contribution in [2.45, 2.75) is 30.7 Å². The number of amides is 1. The van der Waals surface area contributed by atoms with Crippen LogP contribution in [0.4, 0.5) is 5.69 Å². The van der Waals surface area contributed by atoms with Crippen molar-refractivity contribution in [3.8, 4) is 0 Å². The number of rotatable bonds is 4. The molecule has 0 saturated heterocycles. The molecule has 3 N–H and O–H groups in total. The summed E-state index contributed by atoms with van der Waals surface area (Å²) in [7, 11) is 0. The Bertz CT molecular complexity index is 852. The van der Waals surface area contributed by atoms with E-state index in [2.05, 4.69) is 16.0 Å². The van der Waals surface area contributed by atoms with Gasteiger partial charge in [-0.3, -0.25) is 4.79 Å². The third-order valence-corrected chi connectivity index (χ3v) is 4.78. The number of nitrogens with one attached hydrogen (secondary N) is 3. The molecular weight excluding hydrogens is 425 g/mol. The van der Waals surface area contributed by atoms with E-state index >= 15 is 0 Å². The van der Waals surface area contributed by atoms with Gasteiger partial charge in [0.05, 0.1) is 0 Å². The summed E-state index contributed by atoms with van der Waals surface area (Å²) in [6.07, 6.45) is -1.03. The van der Waals surface area contributed by atoms with Crippen LogP contribution in [0.15, 0.2) is 42.5 Å². The summed E-state index contributed by atoms with van der Waals surface area (Å²) in [5, 5.41) is 8.85. The van der Waals surface area contributed by atoms with Crippen LogP contribution < -0.4 is 16.0 Å². The minimum Gasteiger partial charge on any atom is -0.339 e. The molecule has 0 heterocycles. The van der Waals surface area contributed by atoms with E-state index in [0.717, 1.165) is 22.4 Å². The number of aryl methyl sites for hydroxylation is 3. The van der Waals surface area contributed by atoms with E-state index in [1.165, 1.54) is 0 Å². The van der Waals surface area contributed by atoms with Crippen LogP contribution in [0.3, 0.4) is 0 Å². The average molecular weight is 445 g/mol. The molecule has 0 aromatic heterocycles. The monoisotopic (exact) mass is 443 g/mol. The quantitative estimate of drug-likeness (QED) is 0.352. The van der Waals surface area contributed by atoms with E-state index in [9.17, 15) is 4.79 Å². The van der Waals surface area contributed by atoms with Gasteiger partial charge in [0, 0.05) is 11.3 Å². The minimum atomic E-state index is -1.81. The first-order chi connectivity index (χ1) is 12.6. The highest BCUT2D eigenvalue weighted by atomic mass is 35.6. The number of benzene rings is 2. The van der Waals surface area contributed by atoms with Gasteiger partial charge in [-0.25, -0.2) is 0 Å². The van der Waals surface area contributed by atoms with Gasteiger partial charge in [0.15, 0.2) is 5.11 Å². The molecule has 1 atom stereocenters. The van der Waals surface area contributed by atoms with Gasteiger partial charge in [-0.05, 0) is 61.8 Å². The number of halogens is 3. The Morgan fingerprint density at radius 3 is 2.30 bits per heavy atom. The number of hydrogen-bond acceptors (Lipinski definition) is 2. The summed E-state index contributed by atoms with van der Waals surface area (Å²) >= 11 is 23.5. The zero-order chi connectivity index (χ0) is 20.2. The molecule has 27 heavy (non-hydrogen) atoms. The first kappa shape index (κ1) is 21.8. The first-order valence-corrected chi connectivity index (χ1v) is 9.70. The molecule has 0 aliphatic heterocycles. The van der Waals surface area contributed by atoms with Gasteiger partial charge in [0.1, 0.15) is 6.17 Å². The second kappa shape index (κ2) is 9.11. The third-order valence-electron chi connectivity index (χ3n) is 3.91. The molecule has 8 heteroatoms. The van der Waals surface area contributed by atoms with E-state index in [0.29, 0.717) is 5.56 Å². The van der Waals surface area contributed by atoms with Crippen LogP contribution in [0.25, 0.3) is 0 Å². The van der Waals surface area contributed by atoms with Crippen LogP contribution in [0.5, 0.6) is 0 Å². The second-order valence-electron chi connectivity index (χ2n) is 6.18. The van der Waals surface area contributed by atoms with Crippen molar-refractivity contribution in [1.29, 1.82) is 0 Å². The summed E-state index contributed by atoms with van der Waals surface area (Å²) in [5.41, 5.74) is 4.23. The minimum absolute atomic E-state index is 0.227. The Kier molecular flexibility index (Phi) is 7.34. The molecule has 0 bridgehead atoms. The van der Waals surface area contributed by atoms with E-state index in [4.69, 9.17) is 47.0 Å². The molecule has 0 fully saturated rings. The van der Waals surface area contributed by atoms with E-state index in [-0.39, 0.29) is 11.0 Å². The molecule has 0 spiro atoms. The van der Waals surface area contributed by atoms with Gasteiger partial charge in [0.2, 0.25) is 3.79 Å². The van der Waals surface area contributed by atoms with Gasteiger partial charge in [-0.2, -0.15) is 0 Å². The summed E-state index contributed by atoms with van der Waals surface area (Å²) in [4.78, 5) is 12.6. The van der Waals surface area contributed by atoms with Crippen molar-refractivity contribution in [3.63, 3.8) is 0 Å². The second-order valence-corrected chi connectivity index (χ2v) is 8.96. The summed E-state index contributed by atoms with van der Waals surface area (Å²) in [6.45, 7) is 5.77. The zero-order valence-electron chi connectivity index (χ0n) is 15.1. The summed E-state index contributed by atoms with van der Waals surface area (Å²) in [5.74, 6) is -0.369. The van der Waals surface area contributed by atoms with Crippen molar-refractivity contribution in [2.75, 3.05) is 5.32 Å². The van der Waals surface area contributed by atoms with E-state index in [1.54, 1.807) is 12.1 Å². The molecule has 2 rings (SSSR count). The predicted octanol–water partition coefficient (Wildman–Crippen LogP) is 5.02. The lowest BCUT2D eigenvalue weighted by Crippen LogP contribution is -2.56. The Hall–Kier alpha value is -1.53. The number of carbonyl (C=O) groups excluding carboxylic acids is 1. The third kappa shape index (κ3) is 6.25. The van der Waals surface area contributed by atoms with Gasteiger partial charge in [-0.1, -0.05) is 65.1 Å². The Labute approximate surface area is 179 Å². The lowest BCUT2D eigenvalue weighted by Gasteiger charge is -2.28. The average Bonchev–Trinajstić information content (AvgIpc) is 2.57. The Morgan fingerprint density at radius 2 is 1.67 bits per heavy atom. The van der Waals surface area contributed by atoms with Crippen LogP contribution in [0.2, 0.25) is 0 Å². The van der Waals surface area contributed by atoms with Crippen LogP contribution >= 0.6 is 47.0 Å². The maximum absolute atomic E-state index is 12.6.